The van der Waals surface area contributed by atoms with Gasteiger partial charge in [0.05, 0.1) is 6.61 Å². The van der Waals surface area contributed by atoms with Gasteiger partial charge in [0.2, 0.25) is 0 Å². The van der Waals surface area contributed by atoms with Crippen molar-refractivity contribution in [3.8, 4) is 0 Å². The Balaban J connectivity index is 2.19. The minimum Gasteiger partial charge on any atom is -0.380 e. The largest absolute Gasteiger partial charge is 0.380 e. The molecule has 1 amide bonds. The quantitative estimate of drug-likeness (QED) is 0.787. The van der Waals surface area contributed by atoms with Gasteiger partial charge in [-0.2, -0.15) is 0 Å². The highest BCUT2D eigenvalue weighted by Gasteiger charge is 2.05. The van der Waals surface area contributed by atoms with Crippen LogP contribution in [0.15, 0.2) is 22.8 Å². The zero-order chi connectivity index (χ0) is 12.5. The smallest absolute Gasteiger partial charge is 0.269 e. The highest BCUT2D eigenvalue weighted by molar-refractivity contribution is 9.10. The van der Waals surface area contributed by atoms with Crippen LogP contribution in [0, 0.1) is 0 Å². The van der Waals surface area contributed by atoms with Gasteiger partial charge < -0.3 is 10.1 Å². The lowest BCUT2D eigenvalue weighted by Crippen LogP contribution is -2.28. The number of aromatic nitrogens is 1. The minimum absolute atomic E-state index is 0.170. The van der Waals surface area contributed by atoms with E-state index < -0.39 is 0 Å². The van der Waals surface area contributed by atoms with E-state index in [2.05, 4.69) is 33.2 Å². The molecule has 4 nitrogen and oxygen atoms in total. The Labute approximate surface area is 110 Å². The predicted octanol–water partition coefficient (Wildman–Crippen LogP) is 2.39. The second-order valence-electron chi connectivity index (χ2n) is 3.58. The Hall–Kier alpha value is -0.940. The number of hydrogen-bond acceptors (Lipinski definition) is 3. The lowest BCUT2D eigenvalue weighted by atomic mass is 10.3. The van der Waals surface area contributed by atoms with Gasteiger partial charge in [0.1, 0.15) is 5.69 Å². The van der Waals surface area contributed by atoms with Crippen LogP contribution in [-0.4, -0.2) is 30.6 Å². The van der Waals surface area contributed by atoms with Gasteiger partial charge in [-0.25, -0.2) is 4.98 Å². The molecule has 1 rings (SSSR count). The molecule has 0 radical (unpaired) electrons. The fourth-order valence-electron chi connectivity index (χ4n) is 1.19. The van der Waals surface area contributed by atoms with Crippen LogP contribution in [0.25, 0.3) is 0 Å². The molecule has 94 valence electrons. The number of pyridine rings is 1. The van der Waals surface area contributed by atoms with Crippen LogP contribution in [0.4, 0.5) is 0 Å². The maximum absolute atomic E-state index is 11.6. The molecule has 1 N–H and O–H groups in total. The van der Waals surface area contributed by atoms with Gasteiger partial charge in [0.15, 0.2) is 0 Å². The number of amides is 1. The maximum Gasteiger partial charge on any atom is 0.269 e. The molecule has 1 aromatic heterocycles. The molecule has 0 aliphatic heterocycles. The second kappa shape index (κ2) is 8.20. The number of hydrogen-bond donors (Lipinski definition) is 1. The molecule has 0 aliphatic carbocycles. The molecule has 1 aromatic rings. The third kappa shape index (κ3) is 5.79. The van der Waals surface area contributed by atoms with E-state index in [-0.39, 0.29) is 5.91 Å². The first-order valence-corrected chi connectivity index (χ1v) is 6.51. The lowest BCUT2D eigenvalue weighted by Gasteiger charge is -2.05. The number of carbonyl (C=O) groups excluding carboxylic acids is 1. The fraction of sp³-hybridized carbons (Fsp3) is 0.500. The molecule has 5 heteroatoms. The van der Waals surface area contributed by atoms with E-state index in [1.807, 2.05) is 0 Å². The van der Waals surface area contributed by atoms with Crippen LogP contribution < -0.4 is 5.32 Å². The highest BCUT2D eigenvalue weighted by Crippen LogP contribution is 2.06. The summed E-state index contributed by atoms with van der Waals surface area (Å²) in [4.78, 5) is 15.6. The third-order valence-corrected chi connectivity index (χ3v) is 2.60. The summed E-state index contributed by atoms with van der Waals surface area (Å²) in [6, 6.07) is 3.47. The summed E-state index contributed by atoms with van der Waals surface area (Å²) < 4.78 is 6.20. The van der Waals surface area contributed by atoms with Gasteiger partial charge >= 0.3 is 0 Å². The number of nitrogens with one attached hydrogen (secondary N) is 1. The zero-order valence-electron chi connectivity index (χ0n) is 9.91. The van der Waals surface area contributed by atoms with Crippen molar-refractivity contribution < 1.29 is 9.53 Å². The van der Waals surface area contributed by atoms with E-state index in [1.165, 1.54) is 0 Å². The van der Waals surface area contributed by atoms with Crippen molar-refractivity contribution in [2.75, 3.05) is 19.8 Å². The Bertz CT molecular complexity index is 341. The van der Waals surface area contributed by atoms with Crippen molar-refractivity contribution in [2.24, 2.45) is 0 Å². The third-order valence-electron chi connectivity index (χ3n) is 2.13. The van der Waals surface area contributed by atoms with Crippen LogP contribution in [0.1, 0.15) is 30.3 Å². The average Bonchev–Trinajstić information content (AvgIpc) is 2.34. The number of ether oxygens (including phenoxy) is 1. The Morgan fingerprint density at radius 1 is 1.47 bits per heavy atom. The summed E-state index contributed by atoms with van der Waals surface area (Å²) >= 11 is 3.27. The van der Waals surface area contributed by atoms with E-state index in [1.54, 1.807) is 18.3 Å². The topological polar surface area (TPSA) is 51.2 Å². The van der Waals surface area contributed by atoms with Crippen molar-refractivity contribution in [3.05, 3.63) is 28.5 Å². The SMILES string of the molecule is CCCCOCCNC(=O)c1ccc(Br)cn1. The van der Waals surface area contributed by atoms with Crippen molar-refractivity contribution >= 4 is 21.8 Å². The zero-order valence-corrected chi connectivity index (χ0v) is 11.5. The standard InChI is InChI=1S/C12H17BrN2O2/c1-2-3-7-17-8-6-14-12(16)11-5-4-10(13)9-15-11/h4-5,9H,2-3,6-8H2,1H3,(H,14,16). The highest BCUT2D eigenvalue weighted by atomic mass is 79.9. The molecule has 0 saturated heterocycles. The van der Waals surface area contributed by atoms with Crippen LogP contribution in [0.2, 0.25) is 0 Å². The van der Waals surface area contributed by atoms with Gasteiger partial charge in [-0.3, -0.25) is 4.79 Å². The summed E-state index contributed by atoms with van der Waals surface area (Å²) in [6.45, 7) is 3.93. The molecule has 0 spiro atoms. The summed E-state index contributed by atoms with van der Waals surface area (Å²) in [5.74, 6) is -0.170. The number of carbonyl (C=O) groups is 1. The Kier molecular flexibility index (Phi) is 6.81. The van der Waals surface area contributed by atoms with E-state index in [4.69, 9.17) is 4.74 Å². The number of rotatable bonds is 7. The minimum atomic E-state index is -0.170. The molecule has 17 heavy (non-hydrogen) atoms. The van der Waals surface area contributed by atoms with Gasteiger partial charge in [-0.05, 0) is 34.5 Å². The molecule has 0 saturated carbocycles. The number of unbranched alkanes of at least 4 members (excludes halogenated alkanes) is 1. The first-order valence-electron chi connectivity index (χ1n) is 5.71. The molecular formula is C12H17BrN2O2. The van der Waals surface area contributed by atoms with Crippen LogP contribution in [0.5, 0.6) is 0 Å². The van der Waals surface area contributed by atoms with Crippen molar-refractivity contribution in [3.63, 3.8) is 0 Å². The Morgan fingerprint density at radius 3 is 2.94 bits per heavy atom. The summed E-state index contributed by atoms with van der Waals surface area (Å²) in [5, 5.41) is 2.75. The average molecular weight is 301 g/mol. The molecule has 0 unspecified atom stereocenters. The summed E-state index contributed by atoms with van der Waals surface area (Å²) in [6.07, 6.45) is 3.78. The summed E-state index contributed by atoms with van der Waals surface area (Å²) in [5.41, 5.74) is 0.418. The van der Waals surface area contributed by atoms with E-state index in [0.717, 1.165) is 23.9 Å². The maximum atomic E-state index is 11.6. The number of nitrogens with zero attached hydrogens (tertiary/aromatic N) is 1. The van der Waals surface area contributed by atoms with Crippen LogP contribution >= 0.6 is 15.9 Å². The fourth-order valence-corrected chi connectivity index (χ4v) is 1.42. The van der Waals surface area contributed by atoms with Crippen molar-refractivity contribution in [1.29, 1.82) is 0 Å². The second-order valence-corrected chi connectivity index (χ2v) is 4.50. The van der Waals surface area contributed by atoms with Crippen LogP contribution in [-0.2, 0) is 4.74 Å². The molecule has 0 fully saturated rings. The van der Waals surface area contributed by atoms with Gasteiger partial charge in [0.25, 0.3) is 5.91 Å². The van der Waals surface area contributed by atoms with E-state index in [0.29, 0.717) is 18.8 Å². The lowest BCUT2D eigenvalue weighted by molar-refractivity contribution is 0.0908. The molecular weight excluding hydrogens is 284 g/mol. The normalized spacial score (nSPS) is 10.2. The van der Waals surface area contributed by atoms with Gasteiger partial charge in [0, 0.05) is 23.8 Å². The van der Waals surface area contributed by atoms with Gasteiger partial charge in [-0.1, -0.05) is 13.3 Å². The predicted molar refractivity (Wildman–Crippen MR) is 70.0 cm³/mol. The molecule has 0 atom stereocenters. The van der Waals surface area contributed by atoms with E-state index in [9.17, 15) is 4.79 Å². The van der Waals surface area contributed by atoms with Crippen molar-refractivity contribution in [1.82, 2.24) is 10.3 Å². The summed E-state index contributed by atoms with van der Waals surface area (Å²) in [7, 11) is 0. The van der Waals surface area contributed by atoms with Crippen LogP contribution in [0.3, 0.4) is 0 Å². The monoisotopic (exact) mass is 300 g/mol. The molecule has 0 bridgehead atoms. The first-order chi connectivity index (χ1) is 8.24. The Morgan fingerprint density at radius 2 is 2.29 bits per heavy atom. The molecule has 1 heterocycles. The van der Waals surface area contributed by atoms with E-state index >= 15 is 0 Å². The molecule has 0 aliphatic rings. The number of halogens is 1. The van der Waals surface area contributed by atoms with Crippen molar-refractivity contribution in [2.45, 2.75) is 19.8 Å². The first kappa shape index (κ1) is 14.1. The molecule has 0 aromatic carbocycles. The van der Waals surface area contributed by atoms with Gasteiger partial charge in [-0.15, -0.1) is 0 Å².